The first kappa shape index (κ1) is 26.0. The molecule has 196 valence electrons. The van der Waals surface area contributed by atoms with Crippen molar-refractivity contribution in [2.45, 2.75) is 65.0 Å². The topological polar surface area (TPSA) is 83.1 Å². The summed E-state index contributed by atoms with van der Waals surface area (Å²) in [5.74, 6) is 2.61. The maximum Gasteiger partial charge on any atom is 0.330 e. The molecule has 9 heteroatoms. The van der Waals surface area contributed by atoms with Crippen LogP contribution in [0, 0.1) is 0 Å². The van der Waals surface area contributed by atoms with E-state index in [1.165, 1.54) is 0 Å². The van der Waals surface area contributed by atoms with Crippen LogP contribution in [0.5, 0.6) is 11.5 Å². The Bertz CT molecular complexity index is 1000. The summed E-state index contributed by atoms with van der Waals surface area (Å²) >= 11 is 0. The van der Waals surface area contributed by atoms with E-state index in [1.54, 1.807) is 19.1 Å². The van der Waals surface area contributed by atoms with Crippen molar-refractivity contribution in [3.05, 3.63) is 30.0 Å². The minimum Gasteiger partial charge on any atom is -0.497 e. The fraction of sp³-hybridized carbons (Fsp3) is 0.593. The summed E-state index contributed by atoms with van der Waals surface area (Å²) in [7, 11) is 3.23. The first-order valence-corrected chi connectivity index (χ1v) is 13.2. The summed E-state index contributed by atoms with van der Waals surface area (Å²) in [6.07, 6.45) is 8.26. The molecule has 1 N–H and O–H groups in total. The summed E-state index contributed by atoms with van der Waals surface area (Å²) in [5.41, 5.74) is 1.68. The number of rotatable bonds is 12. The molecule has 1 saturated carbocycles. The number of benzene rings is 1. The summed E-state index contributed by atoms with van der Waals surface area (Å²) < 4.78 is 10.9. The molecule has 1 aliphatic heterocycles. The molecule has 2 aromatic rings. The van der Waals surface area contributed by atoms with Gasteiger partial charge in [0.2, 0.25) is 5.95 Å². The van der Waals surface area contributed by atoms with E-state index in [9.17, 15) is 4.79 Å². The molecule has 0 spiro atoms. The van der Waals surface area contributed by atoms with Gasteiger partial charge in [-0.1, -0.05) is 26.7 Å². The van der Waals surface area contributed by atoms with Crippen molar-refractivity contribution in [3.63, 3.8) is 0 Å². The molecule has 2 amide bonds. The summed E-state index contributed by atoms with van der Waals surface area (Å²) in [6, 6.07) is 5.63. The highest BCUT2D eigenvalue weighted by Crippen LogP contribution is 2.38. The third-order valence-corrected chi connectivity index (χ3v) is 7.25. The molecule has 2 heterocycles. The molecular formula is C27H40N6O3. The van der Waals surface area contributed by atoms with Crippen molar-refractivity contribution in [1.82, 2.24) is 14.9 Å². The van der Waals surface area contributed by atoms with Gasteiger partial charge in [-0.15, -0.1) is 0 Å². The number of carbonyl (C=O) groups excluding carboxylic acids is 1. The lowest BCUT2D eigenvalue weighted by Gasteiger charge is -2.39. The number of hydrogen-bond acceptors (Lipinski definition) is 7. The first-order valence-electron chi connectivity index (χ1n) is 13.2. The number of ether oxygens (including phenoxy) is 2. The smallest absolute Gasteiger partial charge is 0.330 e. The first-order chi connectivity index (χ1) is 17.6. The molecule has 2 aliphatic rings. The molecule has 0 bridgehead atoms. The standard InChI is InChI=1S/C27H40N6O3/c1-5-31(6-2)14-10-9-13-28-26-29-18-20-19-32(22-15-23(35-3)17-24(16-22)36-4)27(34)33(25(20)30-26)21-11-7-8-12-21/h15-18,21H,5-14,19H2,1-4H3,(H,28,29,30). The molecule has 1 aromatic heterocycles. The fourth-order valence-corrected chi connectivity index (χ4v) is 5.10. The van der Waals surface area contributed by atoms with Gasteiger partial charge >= 0.3 is 6.03 Å². The number of carbonyl (C=O) groups is 1. The van der Waals surface area contributed by atoms with Crippen LogP contribution in [-0.2, 0) is 6.54 Å². The van der Waals surface area contributed by atoms with Gasteiger partial charge in [-0.05, 0) is 45.3 Å². The zero-order valence-corrected chi connectivity index (χ0v) is 22.1. The van der Waals surface area contributed by atoms with Crippen molar-refractivity contribution >= 4 is 23.5 Å². The predicted octanol–water partition coefficient (Wildman–Crippen LogP) is 4.92. The number of methoxy groups -OCH3 is 2. The van der Waals surface area contributed by atoms with E-state index in [2.05, 4.69) is 29.0 Å². The second-order valence-electron chi connectivity index (χ2n) is 9.45. The molecule has 1 aromatic carbocycles. The average Bonchev–Trinajstić information content (AvgIpc) is 3.44. The fourth-order valence-electron chi connectivity index (χ4n) is 5.10. The van der Waals surface area contributed by atoms with E-state index in [4.69, 9.17) is 14.5 Å². The SMILES string of the molecule is CCN(CC)CCCCNc1ncc2c(n1)N(C1CCCC1)C(=O)N(c1cc(OC)cc(OC)c1)C2. The lowest BCUT2D eigenvalue weighted by molar-refractivity contribution is 0.247. The number of unbranched alkanes of at least 4 members (excludes halogenated alkanes) is 1. The van der Waals surface area contributed by atoms with Crippen LogP contribution in [-0.4, -0.2) is 67.3 Å². The molecule has 36 heavy (non-hydrogen) atoms. The zero-order valence-electron chi connectivity index (χ0n) is 22.1. The van der Waals surface area contributed by atoms with Gasteiger partial charge in [0.25, 0.3) is 0 Å². The van der Waals surface area contributed by atoms with Crippen LogP contribution < -0.4 is 24.6 Å². The minimum atomic E-state index is -0.0615. The Hall–Kier alpha value is -3.07. The van der Waals surface area contributed by atoms with Crippen LogP contribution in [0.2, 0.25) is 0 Å². The predicted molar refractivity (Wildman–Crippen MR) is 143 cm³/mol. The molecule has 9 nitrogen and oxygen atoms in total. The van der Waals surface area contributed by atoms with Crippen LogP contribution in [0.15, 0.2) is 24.4 Å². The minimum absolute atomic E-state index is 0.0615. The Morgan fingerprint density at radius 3 is 2.39 bits per heavy atom. The number of urea groups is 1. The van der Waals surface area contributed by atoms with E-state index in [0.29, 0.717) is 24.0 Å². The molecular weight excluding hydrogens is 456 g/mol. The lowest BCUT2D eigenvalue weighted by atomic mass is 10.1. The van der Waals surface area contributed by atoms with Crippen LogP contribution in [0.25, 0.3) is 0 Å². The highest BCUT2D eigenvalue weighted by atomic mass is 16.5. The van der Waals surface area contributed by atoms with Crippen molar-refractivity contribution in [3.8, 4) is 11.5 Å². The maximum atomic E-state index is 13.9. The zero-order chi connectivity index (χ0) is 25.5. The average molecular weight is 497 g/mol. The molecule has 0 atom stereocenters. The molecule has 0 saturated heterocycles. The number of nitrogens with zero attached hydrogens (tertiary/aromatic N) is 5. The largest absolute Gasteiger partial charge is 0.497 e. The third kappa shape index (κ3) is 5.83. The van der Waals surface area contributed by atoms with Gasteiger partial charge in [0.05, 0.1) is 26.5 Å². The van der Waals surface area contributed by atoms with Gasteiger partial charge in [-0.25, -0.2) is 9.78 Å². The van der Waals surface area contributed by atoms with Crippen molar-refractivity contribution in [2.75, 3.05) is 55.5 Å². The lowest BCUT2D eigenvalue weighted by Crippen LogP contribution is -2.52. The van der Waals surface area contributed by atoms with Gasteiger partial charge in [0.15, 0.2) is 0 Å². The summed E-state index contributed by atoms with van der Waals surface area (Å²) in [4.78, 5) is 29.4. The van der Waals surface area contributed by atoms with E-state index < -0.39 is 0 Å². The van der Waals surface area contributed by atoms with Gasteiger partial charge in [0, 0.05) is 42.5 Å². The normalized spacial score (nSPS) is 16.0. The Kier molecular flexibility index (Phi) is 8.85. The Morgan fingerprint density at radius 2 is 1.75 bits per heavy atom. The van der Waals surface area contributed by atoms with Gasteiger partial charge in [-0.3, -0.25) is 9.80 Å². The van der Waals surface area contributed by atoms with E-state index in [0.717, 1.165) is 81.8 Å². The number of hydrogen-bond donors (Lipinski definition) is 1. The monoisotopic (exact) mass is 496 g/mol. The van der Waals surface area contributed by atoms with Crippen molar-refractivity contribution in [1.29, 1.82) is 0 Å². The Morgan fingerprint density at radius 1 is 1.06 bits per heavy atom. The number of amides is 2. The van der Waals surface area contributed by atoms with Crippen molar-refractivity contribution in [2.24, 2.45) is 0 Å². The molecule has 1 aliphatic carbocycles. The molecule has 1 fully saturated rings. The second-order valence-corrected chi connectivity index (χ2v) is 9.45. The second kappa shape index (κ2) is 12.3. The highest BCUT2D eigenvalue weighted by Gasteiger charge is 2.38. The third-order valence-electron chi connectivity index (χ3n) is 7.25. The molecule has 4 rings (SSSR count). The quantitative estimate of drug-likeness (QED) is 0.418. The van der Waals surface area contributed by atoms with Gasteiger partial charge in [0.1, 0.15) is 17.3 Å². The van der Waals surface area contributed by atoms with E-state index in [-0.39, 0.29) is 12.1 Å². The van der Waals surface area contributed by atoms with Crippen LogP contribution in [0.3, 0.4) is 0 Å². The molecule has 0 radical (unpaired) electrons. The van der Waals surface area contributed by atoms with E-state index in [1.807, 2.05) is 29.3 Å². The van der Waals surface area contributed by atoms with Gasteiger partial charge < -0.3 is 19.7 Å². The Balaban J connectivity index is 1.54. The number of anilines is 3. The Labute approximate surface area is 214 Å². The van der Waals surface area contributed by atoms with Crippen LogP contribution in [0.1, 0.15) is 57.9 Å². The number of nitrogens with one attached hydrogen (secondary N) is 1. The molecule has 0 unspecified atom stereocenters. The van der Waals surface area contributed by atoms with Crippen LogP contribution >= 0.6 is 0 Å². The summed E-state index contributed by atoms with van der Waals surface area (Å²) in [6.45, 7) is 8.89. The number of aromatic nitrogens is 2. The maximum absolute atomic E-state index is 13.9. The van der Waals surface area contributed by atoms with Crippen molar-refractivity contribution < 1.29 is 14.3 Å². The van der Waals surface area contributed by atoms with Gasteiger partial charge in [-0.2, -0.15) is 4.98 Å². The number of fused-ring (bicyclic) bond motifs is 1. The highest BCUT2D eigenvalue weighted by molar-refractivity contribution is 6.06. The van der Waals surface area contributed by atoms with Crippen LogP contribution in [0.4, 0.5) is 22.2 Å². The van der Waals surface area contributed by atoms with E-state index >= 15 is 0 Å². The summed E-state index contributed by atoms with van der Waals surface area (Å²) in [5, 5.41) is 3.38.